The SMILES string of the molecule is CC1CC1c1ccc(CNc2cccc(S(N)(=O)=O)c2)o1. The van der Waals surface area contributed by atoms with E-state index in [-0.39, 0.29) is 4.90 Å². The van der Waals surface area contributed by atoms with Crippen LogP contribution in [0.4, 0.5) is 5.69 Å². The van der Waals surface area contributed by atoms with Crippen LogP contribution in [0.15, 0.2) is 45.7 Å². The molecule has 1 aliphatic carbocycles. The minimum atomic E-state index is -3.68. The summed E-state index contributed by atoms with van der Waals surface area (Å²) in [5.74, 6) is 3.15. The average Bonchev–Trinajstić information content (AvgIpc) is 2.99. The zero-order chi connectivity index (χ0) is 15.0. The first-order valence-electron chi connectivity index (χ1n) is 6.89. The maximum Gasteiger partial charge on any atom is 0.238 e. The first-order chi connectivity index (χ1) is 9.93. The minimum Gasteiger partial charge on any atom is -0.464 e. The minimum absolute atomic E-state index is 0.0967. The van der Waals surface area contributed by atoms with Crippen LogP contribution in [-0.2, 0) is 16.6 Å². The van der Waals surface area contributed by atoms with E-state index in [1.165, 1.54) is 18.6 Å². The third-order valence-electron chi connectivity index (χ3n) is 3.79. The third-order valence-corrected chi connectivity index (χ3v) is 4.70. The second-order valence-corrected chi connectivity index (χ2v) is 7.11. The molecule has 3 N–H and O–H groups in total. The van der Waals surface area contributed by atoms with Gasteiger partial charge < -0.3 is 9.73 Å². The predicted molar refractivity (Wildman–Crippen MR) is 80.4 cm³/mol. The van der Waals surface area contributed by atoms with Gasteiger partial charge in [0.15, 0.2) is 0 Å². The molecule has 112 valence electrons. The van der Waals surface area contributed by atoms with Crippen LogP contribution < -0.4 is 10.5 Å². The molecular weight excluding hydrogens is 288 g/mol. The summed E-state index contributed by atoms with van der Waals surface area (Å²) in [6.07, 6.45) is 1.19. The molecule has 0 bridgehead atoms. The van der Waals surface area contributed by atoms with Gasteiger partial charge in [-0.25, -0.2) is 13.6 Å². The number of hydrogen-bond donors (Lipinski definition) is 2. The lowest BCUT2D eigenvalue weighted by Gasteiger charge is -2.06. The van der Waals surface area contributed by atoms with Crippen molar-refractivity contribution in [3.8, 4) is 0 Å². The van der Waals surface area contributed by atoms with E-state index in [1.54, 1.807) is 12.1 Å². The Morgan fingerprint density at radius 2 is 2.10 bits per heavy atom. The van der Waals surface area contributed by atoms with Crippen molar-refractivity contribution >= 4 is 15.7 Å². The lowest BCUT2D eigenvalue weighted by atomic mass is 10.3. The van der Waals surface area contributed by atoms with E-state index < -0.39 is 10.0 Å². The number of nitrogens with one attached hydrogen (secondary N) is 1. The number of nitrogens with two attached hydrogens (primary N) is 1. The summed E-state index contributed by atoms with van der Waals surface area (Å²) in [4.78, 5) is 0.0967. The molecule has 3 rings (SSSR count). The van der Waals surface area contributed by atoms with Gasteiger partial charge in [0.1, 0.15) is 11.5 Å². The molecule has 0 aliphatic heterocycles. The highest BCUT2D eigenvalue weighted by Crippen LogP contribution is 2.47. The maximum atomic E-state index is 11.3. The summed E-state index contributed by atoms with van der Waals surface area (Å²) in [5.41, 5.74) is 0.694. The average molecular weight is 306 g/mol. The maximum absolute atomic E-state index is 11.3. The van der Waals surface area contributed by atoms with Crippen molar-refractivity contribution in [2.45, 2.75) is 30.7 Å². The zero-order valence-corrected chi connectivity index (χ0v) is 12.6. The Hall–Kier alpha value is -1.79. The van der Waals surface area contributed by atoms with Crippen molar-refractivity contribution in [1.29, 1.82) is 0 Å². The van der Waals surface area contributed by atoms with E-state index in [4.69, 9.17) is 9.56 Å². The molecule has 6 heteroatoms. The Morgan fingerprint density at radius 3 is 2.76 bits per heavy atom. The van der Waals surface area contributed by atoms with Crippen molar-refractivity contribution < 1.29 is 12.8 Å². The zero-order valence-electron chi connectivity index (χ0n) is 11.7. The molecule has 0 radical (unpaired) electrons. The number of furan rings is 1. The van der Waals surface area contributed by atoms with Crippen LogP contribution in [0.5, 0.6) is 0 Å². The Kier molecular flexibility index (Phi) is 3.51. The summed E-state index contributed by atoms with van der Waals surface area (Å²) in [7, 11) is -3.68. The molecule has 0 spiro atoms. The van der Waals surface area contributed by atoms with Gasteiger partial charge in [0.2, 0.25) is 10.0 Å². The lowest BCUT2D eigenvalue weighted by molar-refractivity contribution is 0.468. The lowest BCUT2D eigenvalue weighted by Crippen LogP contribution is -2.12. The first kappa shape index (κ1) is 14.2. The highest BCUT2D eigenvalue weighted by atomic mass is 32.2. The fraction of sp³-hybridized carbons (Fsp3) is 0.333. The van der Waals surface area contributed by atoms with Gasteiger partial charge in [0.05, 0.1) is 11.4 Å². The standard InChI is InChI=1S/C15H18N2O3S/c1-10-7-14(10)15-6-5-12(20-15)9-17-11-3-2-4-13(8-11)21(16,18)19/h2-6,8,10,14,17H,7,9H2,1H3,(H2,16,18,19). The fourth-order valence-electron chi connectivity index (χ4n) is 2.38. The second kappa shape index (κ2) is 5.20. The van der Waals surface area contributed by atoms with Crippen LogP contribution in [0.2, 0.25) is 0 Å². The van der Waals surface area contributed by atoms with Crippen LogP contribution >= 0.6 is 0 Å². The molecule has 21 heavy (non-hydrogen) atoms. The van der Waals surface area contributed by atoms with Crippen LogP contribution in [0.25, 0.3) is 0 Å². The molecular formula is C15H18N2O3S. The molecule has 2 aromatic rings. The molecule has 1 aromatic carbocycles. The summed E-state index contributed by atoms with van der Waals surface area (Å²) < 4.78 is 28.4. The van der Waals surface area contributed by atoms with Gasteiger partial charge in [0, 0.05) is 11.6 Å². The number of primary sulfonamides is 1. The van der Waals surface area contributed by atoms with Crippen LogP contribution in [-0.4, -0.2) is 8.42 Å². The van der Waals surface area contributed by atoms with Gasteiger partial charge in [-0.05, 0) is 42.7 Å². The molecule has 1 heterocycles. The summed E-state index contributed by atoms with van der Waals surface area (Å²) in [6, 6.07) is 10.4. The van der Waals surface area contributed by atoms with E-state index >= 15 is 0 Å². The molecule has 2 unspecified atom stereocenters. The number of sulfonamides is 1. The largest absolute Gasteiger partial charge is 0.464 e. The second-order valence-electron chi connectivity index (χ2n) is 5.55. The molecule has 1 aliphatic rings. The molecule has 2 atom stereocenters. The van der Waals surface area contributed by atoms with Gasteiger partial charge >= 0.3 is 0 Å². The molecule has 1 aromatic heterocycles. The quantitative estimate of drug-likeness (QED) is 0.889. The summed E-state index contributed by atoms with van der Waals surface area (Å²) >= 11 is 0. The first-order valence-corrected chi connectivity index (χ1v) is 8.43. The Balaban J connectivity index is 1.66. The molecule has 0 saturated heterocycles. The van der Waals surface area contributed by atoms with Gasteiger partial charge in [0.25, 0.3) is 0 Å². The normalized spacial score (nSPS) is 21.2. The topological polar surface area (TPSA) is 85.3 Å². The molecule has 5 nitrogen and oxygen atoms in total. The van der Waals surface area contributed by atoms with E-state index in [2.05, 4.69) is 12.2 Å². The third kappa shape index (κ3) is 3.28. The van der Waals surface area contributed by atoms with Gasteiger partial charge in [-0.15, -0.1) is 0 Å². The summed E-state index contributed by atoms with van der Waals surface area (Å²) in [6.45, 7) is 2.72. The van der Waals surface area contributed by atoms with Crippen molar-refractivity contribution in [3.63, 3.8) is 0 Å². The number of benzene rings is 1. The van der Waals surface area contributed by atoms with E-state index in [9.17, 15) is 8.42 Å². The van der Waals surface area contributed by atoms with Crippen molar-refractivity contribution in [1.82, 2.24) is 0 Å². The Morgan fingerprint density at radius 1 is 1.33 bits per heavy atom. The highest BCUT2D eigenvalue weighted by Gasteiger charge is 2.36. The van der Waals surface area contributed by atoms with Crippen LogP contribution in [0.3, 0.4) is 0 Å². The van der Waals surface area contributed by atoms with E-state index in [0.29, 0.717) is 24.1 Å². The van der Waals surface area contributed by atoms with Crippen molar-refractivity contribution in [2.24, 2.45) is 11.1 Å². The number of hydrogen-bond acceptors (Lipinski definition) is 4. The van der Waals surface area contributed by atoms with E-state index in [1.807, 2.05) is 12.1 Å². The van der Waals surface area contributed by atoms with Gasteiger partial charge in [-0.3, -0.25) is 0 Å². The molecule has 0 amide bonds. The monoisotopic (exact) mass is 306 g/mol. The number of anilines is 1. The van der Waals surface area contributed by atoms with Gasteiger partial charge in [-0.1, -0.05) is 13.0 Å². The molecule has 1 saturated carbocycles. The smallest absolute Gasteiger partial charge is 0.238 e. The summed E-state index contributed by atoms with van der Waals surface area (Å²) in [5, 5.41) is 8.26. The highest BCUT2D eigenvalue weighted by molar-refractivity contribution is 7.89. The van der Waals surface area contributed by atoms with E-state index in [0.717, 1.165) is 11.5 Å². The molecule has 1 fully saturated rings. The van der Waals surface area contributed by atoms with Crippen molar-refractivity contribution in [2.75, 3.05) is 5.32 Å². The fourth-order valence-corrected chi connectivity index (χ4v) is 2.94. The number of rotatable bonds is 5. The van der Waals surface area contributed by atoms with Gasteiger partial charge in [-0.2, -0.15) is 0 Å². The predicted octanol–water partition coefficient (Wildman–Crippen LogP) is 2.66. The van der Waals surface area contributed by atoms with Crippen LogP contribution in [0.1, 0.15) is 30.8 Å². The van der Waals surface area contributed by atoms with Crippen LogP contribution in [0, 0.1) is 5.92 Å². The Bertz CT molecular complexity index is 752. The van der Waals surface area contributed by atoms with Crippen molar-refractivity contribution in [3.05, 3.63) is 47.9 Å². The Labute approximate surface area is 124 Å².